The number of piperidine rings is 3. The molecule has 0 radical (unpaired) electrons. The van der Waals surface area contributed by atoms with Gasteiger partial charge in [-0.15, -0.1) is 0 Å². The quantitative estimate of drug-likeness (QED) is 0.410. The molecule has 0 aliphatic carbocycles. The van der Waals surface area contributed by atoms with Crippen LogP contribution in [0, 0.1) is 0 Å². The molecule has 156 valence electrons. The number of carboxylic acid groups (broad SMARTS) is 3. The Bertz CT molecular complexity index is 389. The van der Waals surface area contributed by atoms with Gasteiger partial charge in [0.2, 0.25) is 0 Å². The van der Waals surface area contributed by atoms with Crippen molar-refractivity contribution >= 4 is 17.9 Å². The fourth-order valence-electron chi connectivity index (χ4n) is 3.19. The molecule has 3 saturated heterocycles. The maximum Gasteiger partial charge on any atom is 0.320 e. The summed E-state index contributed by atoms with van der Waals surface area (Å²) in [6.45, 7) is 2.57. The van der Waals surface area contributed by atoms with E-state index < -0.39 is 17.9 Å². The summed E-state index contributed by atoms with van der Waals surface area (Å²) in [5.74, 6) is -2.14. The van der Waals surface area contributed by atoms with E-state index in [1.807, 2.05) is 0 Å². The van der Waals surface area contributed by atoms with Crippen molar-refractivity contribution in [3.8, 4) is 0 Å². The third kappa shape index (κ3) is 10.3. The summed E-state index contributed by atoms with van der Waals surface area (Å²) < 4.78 is 0. The average molecular weight is 387 g/mol. The Morgan fingerprint density at radius 2 is 0.778 bits per heavy atom. The molecular formula is C18H33N3O6. The van der Waals surface area contributed by atoms with Crippen LogP contribution in [0.2, 0.25) is 0 Å². The van der Waals surface area contributed by atoms with Crippen molar-refractivity contribution in [2.75, 3.05) is 19.6 Å². The van der Waals surface area contributed by atoms with Crippen LogP contribution < -0.4 is 16.0 Å². The van der Waals surface area contributed by atoms with Crippen molar-refractivity contribution in [2.24, 2.45) is 0 Å². The van der Waals surface area contributed by atoms with Gasteiger partial charge in [0.05, 0.1) is 0 Å². The van der Waals surface area contributed by atoms with E-state index >= 15 is 0 Å². The highest BCUT2D eigenvalue weighted by Gasteiger charge is 2.19. The van der Waals surface area contributed by atoms with Gasteiger partial charge in [0, 0.05) is 0 Å². The van der Waals surface area contributed by atoms with Gasteiger partial charge in [-0.3, -0.25) is 14.4 Å². The van der Waals surface area contributed by atoms with Crippen LogP contribution >= 0.6 is 0 Å². The number of rotatable bonds is 3. The Morgan fingerprint density at radius 3 is 0.889 bits per heavy atom. The Labute approximate surface area is 159 Å². The van der Waals surface area contributed by atoms with Gasteiger partial charge in [-0.05, 0) is 58.2 Å². The van der Waals surface area contributed by atoms with E-state index in [0.717, 1.165) is 77.4 Å². The van der Waals surface area contributed by atoms with E-state index in [9.17, 15) is 14.4 Å². The normalized spacial score (nSPS) is 27.8. The number of nitrogens with one attached hydrogen (secondary N) is 3. The highest BCUT2D eigenvalue weighted by atomic mass is 16.4. The lowest BCUT2D eigenvalue weighted by Gasteiger charge is -2.18. The summed E-state index contributed by atoms with van der Waals surface area (Å²) in [7, 11) is 0. The molecule has 0 aromatic heterocycles. The summed E-state index contributed by atoms with van der Waals surface area (Å²) in [4.78, 5) is 30.9. The summed E-state index contributed by atoms with van der Waals surface area (Å²) in [6, 6.07) is -0.837. The van der Waals surface area contributed by atoms with Crippen LogP contribution in [0.3, 0.4) is 0 Å². The Morgan fingerprint density at radius 1 is 0.519 bits per heavy atom. The minimum atomic E-state index is -0.713. The molecule has 9 heteroatoms. The third-order valence-corrected chi connectivity index (χ3v) is 4.83. The summed E-state index contributed by atoms with van der Waals surface area (Å²) >= 11 is 0. The highest BCUT2D eigenvalue weighted by molar-refractivity contribution is 5.74. The molecule has 0 amide bonds. The van der Waals surface area contributed by atoms with Crippen LogP contribution in [0.4, 0.5) is 0 Å². The fourth-order valence-corrected chi connectivity index (χ4v) is 3.19. The summed E-state index contributed by atoms with van der Waals surface area (Å²) in [5, 5.41) is 34.2. The molecule has 3 rings (SSSR count). The van der Waals surface area contributed by atoms with Crippen LogP contribution in [-0.4, -0.2) is 71.0 Å². The molecule has 3 fully saturated rings. The zero-order valence-electron chi connectivity index (χ0n) is 15.8. The van der Waals surface area contributed by atoms with Gasteiger partial charge in [0.25, 0.3) is 0 Å². The molecule has 3 aliphatic heterocycles. The maximum atomic E-state index is 10.3. The van der Waals surface area contributed by atoms with Gasteiger partial charge in [0.1, 0.15) is 18.1 Å². The SMILES string of the molecule is O=C(O)C1CCCCN1.O=C(O)C1CCCCN1.O=C(O)[C@H]1CCCCN1. The van der Waals surface area contributed by atoms with Crippen LogP contribution in [0.5, 0.6) is 0 Å². The van der Waals surface area contributed by atoms with E-state index in [0.29, 0.717) is 0 Å². The average Bonchev–Trinajstić information content (AvgIpc) is 2.71. The first-order valence-electron chi connectivity index (χ1n) is 9.80. The molecule has 3 heterocycles. The van der Waals surface area contributed by atoms with Crippen molar-refractivity contribution in [3.05, 3.63) is 0 Å². The van der Waals surface area contributed by atoms with Gasteiger partial charge in [-0.1, -0.05) is 19.3 Å². The smallest absolute Gasteiger partial charge is 0.320 e. The molecule has 3 aliphatic rings. The lowest BCUT2D eigenvalue weighted by molar-refractivity contribution is -0.141. The predicted molar refractivity (Wildman–Crippen MR) is 99.8 cm³/mol. The van der Waals surface area contributed by atoms with Gasteiger partial charge >= 0.3 is 17.9 Å². The van der Waals surface area contributed by atoms with E-state index in [1.54, 1.807) is 0 Å². The van der Waals surface area contributed by atoms with Gasteiger partial charge in [-0.25, -0.2) is 0 Å². The second-order valence-corrected chi connectivity index (χ2v) is 7.02. The number of hydrogen-bond acceptors (Lipinski definition) is 6. The predicted octanol–water partition coefficient (Wildman–Crippen LogP) is 0.639. The second-order valence-electron chi connectivity index (χ2n) is 7.02. The molecule has 27 heavy (non-hydrogen) atoms. The zero-order chi connectivity index (χ0) is 20.1. The van der Waals surface area contributed by atoms with Gasteiger partial charge in [-0.2, -0.15) is 0 Å². The number of carbonyl (C=O) groups is 3. The largest absolute Gasteiger partial charge is 0.480 e. The lowest BCUT2D eigenvalue weighted by Crippen LogP contribution is -2.40. The topological polar surface area (TPSA) is 148 Å². The van der Waals surface area contributed by atoms with Crippen molar-refractivity contribution in [1.29, 1.82) is 0 Å². The minimum Gasteiger partial charge on any atom is -0.480 e. The number of hydrogen-bond donors (Lipinski definition) is 6. The van der Waals surface area contributed by atoms with Crippen molar-refractivity contribution in [1.82, 2.24) is 16.0 Å². The zero-order valence-corrected chi connectivity index (χ0v) is 15.8. The summed E-state index contributed by atoms with van der Waals surface area (Å²) in [5.41, 5.74) is 0. The van der Waals surface area contributed by atoms with Crippen LogP contribution in [0.15, 0.2) is 0 Å². The highest BCUT2D eigenvalue weighted by Crippen LogP contribution is 2.07. The van der Waals surface area contributed by atoms with Gasteiger partial charge in [0.15, 0.2) is 0 Å². The molecular weight excluding hydrogens is 354 g/mol. The standard InChI is InChI=1S/3C6H11NO2/c3*8-6(9)5-3-1-2-4-7-5/h3*5,7H,1-4H2,(H,8,9)/t5-;;/m1../s1. The summed E-state index contributed by atoms with van der Waals surface area (Å²) in [6.07, 6.45) is 8.84. The van der Waals surface area contributed by atoms with Crippen LogP contribution in [0.25, 0.3) is 0 Å². The van der Waals surface area contributed by atoms with Crippen molar-refractivity contribution in [2.45, 2.75) is 75.9 Å². The number of aliphatic carboxylic acids is 3. The lowest BCUT2D eigenvalue weighted by atomic mass is 10.1. The molecule has 0 aromatic rings. The molecule has 0 spiro atoms. The van der Waals surface area contributed by atoms with Crippen LogP contribution in [0.1, 0.15) is 57.8 Å². The van der Waals surface area contributed by atoms with Crippen molar-refractivity contribution in [3.63, 3.8) is 0 Å². The van der Waals surface area contributed by atoms with E-state index in [2.05, 4.69) is 16.0 Å². The number of carboxylic acids is 3. The molecule has 0 bridgehead atoms. The Hall–Kier alpha value is -1.71. The van der Waals surface area contributed by atoms with E-state index in [-0.39, 0.29) is 18.1 Å². The monoisotopic (exact) mass is 387 g/mol. The molecule has 9 nitrogen and oxygen atoms in total. The molecule has 6 N–H and O–H groups in total. The van der Waals surface area contributed by atoms with Crippen molar-refractivity contribution < 1.29 is 29.7 Å². The Balaban J connectivity index is 0.000000202. The van der Waals surface area contributed by atoms with Gasteiger partial charge < -0.3 is 31.3 Å². The minimum absolute atomic E-state index is 0.279. The van der Waals surface area contributed by atoms with E-state index in [1.165, 1.54) is 0 Å². The van der Waals surface area contributed by atoms with E-state index in [4.69, 9.17) is 15.3 Å². The Kier molecular flexibility index (Phi) is 11.6. The first-order chi connectivity index (χ1) is 12.9. The maximum absolute atomic E-state index is 10.3. The fraction of sp³-hybridized carbons (Fsp3) is 0.833. The second kappa shape index (κ2) is 13.5. The third-order valence-electron chi connectivity index (χ3n) is 4.83. The molecule has 3 atom stereocenters. The molecule has 0 saturated carbocycles. The van der Waals surface area contributed by atoms with Crippen LogP contribution in [-0.2, 0) is 14.4 Å². The molecule has 2 unspecified atom stereocenters. The first kappa shape index (κ1) is 23.3. The first-order valence-corrected chi connectivity index (χ1v) is 9.80. The molecule has 0 aromatic carbocycles.